The molecule has 0 fully saturated rings. The molecular formula is C33H33N3O3. The topological polar surface area (TPSA) is 71.5 Å². The van der Waals surface area contributed by atoms with E-state index in [2.05, 4.69) is 29.4 Å². The molecule has 6 nitrogen and oxygen atoms in total. The number of nitrogens with one attached hydrogen (secondary N) is 1. The molecule has 1 atom stereocenters. The lowest BCUT2D eigenvalue weighted by molar-refractivity contribution is -0.121. The summed E-state index contributed by atoms with van der Waals surface area (Å²) < 4.78 is 5.92. The zero-order chi connectivity index (χ0) is 27.0. The number of fused-ring (bicyclic) bond motifs is 1. The minimum absolute atomic E-state index is 0.215. The Labute approximate surface area is 229 Å². The number of unbranched alkanes of at least 4 members (excludes halogenated alkanes) is 2. The fourth-order valence-corrected chi connectivity index (χ4v) is 4.89. The van der Waals surface area contributed by atoms with Gasteiger partial charge in [0.15, 0.2) is 0 Å². The van der Waals surface area contributed by atoms with Crippen molar-refractivity contribution in [1.29, 1.82) is 0 Å². The number of rotatable bonds is 9. The van der Waals surface area contributed by atoms with Gasteiger partial charge in [0, 0.05) is 30.9 Å². The van der Waals surface area contributed by atoms with Crippen molar-refractivity contribution in [3.8, 4) is 11.5 Å². The van der Waals surface area contributed by atoms with E-state index in [-0.39, 0.29) is 17.5 Å². The van der Waals surface area contributed by atoms with Crippen LogP contribution in [0.5, 0.6) is 11.5 Å². The van der Waals surface area contributed by atoms with Crippen LogP contribution in [0.25, 0.3) is 0 Å². The van der Waals surface area contributed by atoms with Crippen LogP contribution in [0, 0.1) is 0 Å². The van der Waals surface area contributed by atoms with E-state index in [0.717, 1.165) is 29.7 Å². The highest BCUT2D eigenvalue weighted by Crippen LogP contribution is 2.27. The first-order chi connectivity index (χ1) is 19.1. The van der Waals surface area contributed by atoms with Crippen molar-refractivity contribution in [3.05, 3.63) is 120 Å². The molecule has 0 unspecified atom stereocenters. The van der Waals surface area contributed by atoms with Crippen LogP contribution < -0.4 is 10.1 Å². The number of hydrogen-bond acceptors (Lipinski definition) is 4. The highest BCUT2D eigenvalue weighted by atomic mass is 16.5. The number of anilines is 1. The van der Waals surface area contributed by atoms with Gasteiger partial charge in [-0.05, 0) is 59.9 Å². The minimum atomic E-state index is -0.669. The molecule has 1 aromatic heterocycles. The molecule has 1 N–H and O–H groups in total. The van der Waals surface area contributed by atoms with Crippen LogP contribution in [0.15, 0.2) is 97.2 Å². The van der Waals surface area contributed by atoms with E-state index < -0.39 is 6.04 Å². The third-order valence-corrected chi connectivity index (χ3v) is 7.03. The Morgan fingerprint density at radius 1 is 0.897 bits per heavy atom. The number of hydrogen-bond donors (Lipinski definition) is 1. The normalized spacial score (nSPS) is 14.4. The summed E-state index contributed by atoms with van der Waals surface area (Å²) in [5, 5.41) is 3.04. The van der Waals surface area contributed by atoms with E-state index in [4.69, 9.17) is 4.74 Å². The summed E-state index contributed by atoms with van der Waals surface area (Å²) >= 11 is 0. The zero-order valence-corrected chi connectivity index (χ0v) is 22.2. The molecule has 1 aliphatic rings. The molecule has 1 aliphatic heterocycles. The monoisotopic (exact) mass is 519 g/mol. The van der Waals surface area contributed by atoms with E-state index in [1.54, 1.807) is 23.2 Å². The minimum Gasteiger partial charge on any atom is -0.457 e. The van der Waals surface area contributed by atoms with Gasteiger partial charge >= 0.3 is 0 Å². The third kappa shape index (κ3) is 6.52. The van der Waals surface area contributed by atoms with Crippen molar-refractivity contribution >= 4 is 17.5 Å². The van der Waals surface area contributed by atoms with Crippen LogP contribution in [0.4, 0.5) is 5.69 Å². The predicted molar refractivity (Wildman–Crippen MR) is 153 cm³/mol. The fourth-order valence-electron chi connectivity index (χ4n) is 4.89. The van der Waals surface area contributed by atoms with Gasteiger partial charge in [0.25, 0.3) is 5.91 Å². The lowest BCUT2D eigenvalue weighted by Crippen LogP contribution is -2.50. The van der Waals surface area contributed by atoms with Gasteiger partial charge in [0.1, 0.15) is 23.2 Å². The molecule has 5 rings (SSSR count). The maximum absolute atomic E-state index is 13.8. The van der Waals surface area contributed by atoms with Crippen LogP contribution in [0.1, 0.15) is 53.4 Å². The van der Waals surface area contributed by atoms with Crippen LogP contribution in [-0.2, 0) is 24.2 Å². The molecule has 0 saturated carbocycles. The summed E-state index contributed by atoms with van der Waals surface area (Å²) in [5.41, 5.74) is 4.32. The summed E-state index contributed by atoms with van der Waals surface area (Å²) in [4.78, 5) is 33.3. The van der Waals surface area contributed by atoms with Gasteiger partial charge in [0.05, 0.1) is 0 Å². The number of aryl methyl sites for hydroxylation is 1. The second-order valence-corrected chi connectivity index (χ2v) is 9.86. The molecule has 0 saturated heterocycles. The van der Waals surface area contributed by atoms with Crippen molar-refractivity contribution < 1.29 is 14.3 Å². The van der Waals surface area contributed by atoms with Crippen LogP contribution >= 0.6 is 0 Å². The van der Waals surface area contributed by atoms with Crippen molar-refractivity contribution in [3.63, 3.8) is 0 Å². The Bertz CT molecular complexity index is 1420. The average molecular weight is 520 g/mol. The van der Waals surface area contributed by atoms with Crippen molar-refractivity contribution in [2.75, 3.05) is 5.32 Å². The van der Waals surface area contributed by atoms with E-state index in [9.17, 15) is 9.59 Å². The van der Waals surface area contributed by atoms with E-state index in [1.807, 2.05) is 66.7 Å². The van der Waals surface area contributed by atoms with Crippen molar-refractivity contribution in [2.45, 2.75) is 51.6 Å². The maximum Gasteiger partial charge on any atom is 0.273 e. The molecule has 2 amide bonds. The molecule has 2 heterocycles. The molecule has 198 valence electrons. The average Bonchev–Trinajstić information content (AvgIpc) is 2.98. The summed E-state index contributed by atoms with van der Waals surface area (Å²) in [5.74, 6) is 0.655. The number of pyridine rings is 1. The predicted octanol–water partition coefficient (Wildman–Crippen LogP) is 6.81. The molecule has 0 bridgehead atoms. The van der Waals surface area contributed by atoms with Gasteiger partial charge < -0.3 is 15.0 Å². The van der Waals surface area contributed by atoms with Gasteiger partial charge in [-0.1, -0.05) is 74.4 Å². The number of amides is 2. The zero-order valence-electron chi connectivity index (χ0n) is 22.2. The molecule has 3 aromatic carbocycles. The Kier molecular flexibility index (Phi) is 8.32. The Morgan fingerprint density at radius 2 is 1.64 bits per heavy atom. The van der Waals surface area contributed by atoms with Crippen LogP contribution in [0.3, 0.4) is 0 Å². The SMILES string of the molecule is CCCCCc1ccc(NC(=O)[C@@H]2Cc3ccccc3CN2C(=O)c2cc(Oc3ccccc3)ccn2)cc1. The summed E-state index contributed by atoms with van der Waals surface area (Å²) in [7, 11) is 0. The molecular weight excluding hydrogens is 486 g/mol. The highest BCUT2D eigenvalue weighted by Gasteiger charge is 2.35. The first-order valence-electron chi connectivity index (χ1n) is 13.6. The summed E-state index contributed by atoms with van der Waals surface area (Å²) in [6, 6.07) is 28.0. The fraction of sp³-hybridized carbons (Fsp3) is 0.242. The Hall–Kier alpha value is -4.45. The Balaban J connectivity index is 1.35. The number of para-hydroxylation sites is 1. The smallest absolute Gasteiger partial charge is 0.273 e. The molecule has 39 heavy (non-hydrogen) atoms. The molecule has 6 heteroatoms. The van der Waals surface area contributed by atoms with E-state index in [1.165, 1.54) is 18.4 Å². The van der Waals surface area contributed by atoms with Crippen molar-refractivity contribution in [1.82, 2.24) is 9.88 Å². The van der Waals surface area contributed by atoms with Gasteiger partial charge in [-0.2, -0.15) is 0 Å². The number of aromatic nitrogens is 1. The lowest BCUT2D eigenvalue weighted by Gasteiger charge is -2.35. The van der Waals surface area contributed by atoms with E-state index >= 15 is 0 Å². The molecule has 0 radical (unpaired) electrons. The Morgan fingerprint density at radius 3 is 2.41 bits per heavy atom. The van der Waals surface area contributed by atoms with Gasteiger partial charge in [-0.3, -0.25) is 14.6 Å². The first-order valence-corrected chi connectivity index (χ1v) is 13.6. The van der Waals surface area contributed by atoms with Crippen LogP contribution in [0.2, 0.25) is 0 Å². The quantitative estimate of drug-likeness (QED) is 0.247. The second-order valence-electron chi connectivity index (χ2n) is 9.86. The maximum atomic E-state index is 13.8. The van der Waals surface area contributed by atoms with Gasteiger partial charge in [-0.15, -0.1) is 0 Å². The van der Waals surface area contributed by atoms with E-state index in [0.29, 0.717) is 24.5 Å². The number of carbonyl (C=O) groups excluding carboxylic acids is 2. The lowest BCUT2D eigenvalue weighted by atomic mass is 9.93. The van der Waals surface area contributed by atoms with Gasteiger partial charge in [-0.25, -0.2) is 0 Å². The first kappa shape index (κ1) is 26.2. The van der Waals surface area contributed by atoms with Crippen molar-refractivity contribution in [2.24, 2.45) is 0 Å². The highest BCUT2D eigenvalue weighted by molar-refractivity contribution is 6.01. The molecule has 0 spiro atoms. The second kappa shape index (κ2) is 12.4. The number of carbonyl (C=O) groups is 2. The molecule has 0 aliphatic carbocycles. The third-order valence-electron chi connectivity index (χ3n) is 7.03. The number of nitrogens with zero attached hydrogens (tertiary/aromatic N) is 2. The summed E-state index contributed by atoms with van der Waals surface area (Å²) in [6.45, 7) is 2.52. The standard InChI is InChI=1S/C33H33N3O3/c1-2-3-5-10-24-15-17-27(18-16-24)35-32(37)31-21-25-11-8-9-12-26(25)23-36(31)33(38)30-22-29(19-20-34-30)39-28-13-6-4-7-14-28/h4,6-9,11-20,22,31H,2-3,5,10,21,23H2,1H3,(H,35,37)/t31-/m0/s1. The summed E-state index contributed by atoms with van der Waals surface area (Å²) in [6.07, 6.45) is 6.58. The molecule has 4 aromatic rings. The largest absolute Gasteiger partial charge is 0.457 e. The van der Waals surface area contributed by atoms with Gasteiger partial charge in [0.2, 0.25) is 5.91 Å². The number of benzene rings is 3. The van der Waals surface area contributed by atoms with Crippen LogP contribution in [-0.4, -0.2) is 27.7 Å². The number of ether oxygens (including phenoxy) is 1.